The molecule has 0 radical (unpaired) electrons. The molecule has 0 aliphatic carbocycles. The predicted molar refractivity (Wildman–Crippen MR) is 91.1 cm³/mol. The number of anilines is 2. The summed E-state index contributed by atoms with van der Waals surface area (Å²) in [6.45, 7) is 2.63. The fraction of sp³-hybridized carbons (Fsp3) is 0.400. The first-order chi connectivity index (χ1) is 11.5. The summed E-state index contributed by atoms with van der Waals surface area (Å²) in [7, 11) is 3.82. The maximum atomic E-state index is 11.8. The molecule has 0 aliphatic heterocycles. The van der Waals surface area contributed by atoms with Gasteiger partial charge in [-0.25, -0.2) is 14.6 Å². The van der Waals surface area contributed by atoms with Crippen LogP contribution in [0.5, 0.6) is 0 Å². The van der Waals surface area contributed by atoms with Crippen LogP contribution in [0.15, 0.2) is 29.2 Å². The van der Waals surface area contributed by atoms with Gasteiger partial charge in [-0.2, -0.15) is 5.10 Å². The minimum Gasteiger partial charge on any atom is -0.368 e. The van der Waals surface area contributed by atoms with Crippen LogP contribution in [0.25, 0.3) is 0 Å². The molecule has 24 heavy (non-hydrogen) atoms. The van der Waals surface area contributed by atoms with E-state index in [1.165, 1.54) is 18.3 Å². The molecule has 9 nitrogen and oxygen atoms in total. The van der Waals surface area contributed by atoms with E-state index in [0.29, 0.717) is 24.7 Å². The Morgan fingerprint density at radius 3 is 2.79 bits per heavy atom. The van der Waals surface area contributed by atoms with Crippen LogP contribution < -0.4 is 21.1 Å². The predicted octanol–water partition coefficient (Wildman–Crippen LogP) is -0.364. The lowest BCUT2D eigenvalue weighted by molar-refractivity contribution is -0.121. The van der Waals surface area contributed by atoms with Crippen LogP contribution in [0, 0.1) is 6.92 Å². The molecule has 2 aromatic heterocycles. The van der Waals surface area contributed by atoms with Crippen molar-refractivity contribution in [2.45, 2.75) is 13.5 Å². The summed E-state index contributed by atoms with van der Waals surface area (Å²) >= 11 is 0. The van der Waals surface area contributed by atoms with Gasteiger partial charge in [0.1, 0.15) is 24.0 Å². The summed E-state index contributed by atoms with van der Waals surface area (Å²) < 4.78 is 1.11. The Hall–Kier alpha value is -2.97. The highest BCUT2D eigenvalue weighted by Crippen LogP contribution is 2.12. The van der Waals surface area contributed by atoms with Gasteiger partial charge in [0.25, 0.3) is 5.56 Å². The third-order valence-corrected chi connectivity index (χ3v) is 3.11. The van der Waals surface area contributed by atoms with Gasteiger partial charge < -0.3 is 15.5 Å². The number of aryl methyl sites for hydroxylation is 1. The van der Waals surface area contributed by atoms with Crippen molar-refractivity contribution in [3.63, 3.8) is 0 Å². The maximum absolute atomic E-state index is 11.8. The van der Waals surface area contributed by atoms with Crippen molar-refractivity contribution < 1.29 is 4.79 Å². The van der Waals surface area contributed by atoms with E-state index in [1.54, 1.807) is 0 Å². The third-order valence-electron chi connectivity index (χ3n) is 3.11. The second kappa shape index (κ2) is 8.04. The standard InChI is InChI=1S/C15H21N7O2/c1-11-19-12(9-13(20-11)21(2)3)16-7-8-17-14(23)10-22-15(24)5-4-6-18-22/h4-6,9H,7-8,10H2,1-3H3,(H,17,23)(H,16,19,20). The maximum Gasteiger partial charge on any atom is 0.267 e. The molecular formula is C15H21N7O2. The normalized spacial score (nSPS) is 10.3. The van der Waals surface area contributed by atoms with Gasteiger partial charge in [0.05, 0.1) is 0 Å². The Morgan fingerprint density at radius 1 is 1.29 bits per heavy atom. The van der Waals surface area contributed by atoms with E-state index in [2.05, 4.69) is 25.7 Å². The van der Waals surface area contributed by atoms with Gasteiger partial charge >= 0.3 is 0 Å². The lowest BCUT2D eigenvalue weighted by atomic mass is 10.4. The second-order valence-electron chi connectivity index (χ2n) is 5.35. The van der Waals surface area contributed by atoms with Crippen LogP contribution in [0.3, 0.4) is 0 Å². The Labute approximate surface area is 139 Å². The topological polar surface area (TPSA) is 105 Å². The van der Waals surface area contributed by atoms with E-state index in [4.69, 9.17) is 0 Å². The molecule has 2 heterocycles. The Bertz CT molecular complexity index is 757. The highest BCUT2D eigenvalue weighted by molar-refractivity contribution is 5.75. The lowest BCUT2D eigenvalue weighted by Crippen LogP contribution is -2.35. The average molecular weight is 331 g/mol. The smallest absolute Gasteiger partial charge is 0.267 e. The van der Waals surface area contributed by atoms with Crippen LogP contribution in [-0.4, -0.2) is 52.8 Å². The molecular weight excluding hydrogens is 310 g/mol. The van der Waals surface area contributed by atoms with Crippen LogP contribution in [0.2, 0.25) is 0 Å². The molecule has 2 rings (SSSR count). The van der Waals surface area contributed by atoms with E-state index in [9.17, 15) is 9.59 Å². The van der Waals surface area contributed by atoms with E-state index >= 15 is 0 Å². The number of hydrogen-bond donors (Lipinski definition) is 2. The van der Waals surface area contributed by atoms with Crippen molar-refractivity contribution in [1.29, 1.82) is 0 Å². The first-order valence-electron chi connectivity index (χ1n) is 7.51. The molecule has 128 valence electrons. The zero-order valence-corrected chi connectivity index (χ0v) is 14.0. The van der Waals surface area contributed by atoms with E-state index in [1.807, 2.05) is 32.0 Å². The number of nitrogens with zero attached hydrogens (tertiary/aromatic N) is 5. The summed E-state index contributed by atoms with van der Waals surface area (Å²) in [4.78, 5) is 33.8. The van der Waals surface area contributed by atoms with Crippen molar-refractivity contribution in [2.24, 2.45) is 0 Å². The second-order valence-corrected chi connectivity index (χ2v) is 5.35. The molecule has 0 saturated carbocycles. The first-order valence-corrected chi connectivity index (χ1v) is 7.51. The van der Waals surface area contributed by atoms with Gasteiger partial charge in [0, 0.05) is 45.5 Å². The molecule has 2 N–H and O–H groups in total. The number of nitrogens with one attached hydrogen (secondary N) is 2. The molecule has 0 aliphatic rings. The molecule has 9 heteroatoms. The largest absolute Gasteiger partial charge is 0.368 e. The minimum absolute atomic E-state index is 0.100. The van der Waals surface area contributed by atoms with Gasteiger partial charge in [0.15, 0.2) is 0 Å². The minimum atomic E-state index is -0.307. The summed E-state index contributed by atoms with van der Waals surface area (Å²) in [6, 6.07) is 4.73. The zero-order valence-electron chi connectivity index (χ0n) is 14.0. The lowest BCUT2D eigenvalue weighted by Gasteiger charge is -2.14. The van der Waals surface area contributed by atoms with Crippen molar-refractivity contribution in [2.75, 3.05) is 37.4 Å². The molecule has 0 saturated heterocycles. The van der Waals surface area contributed by atoms with Crippen LogP contribution in [0.4, 0.5) is 11.6 Å². The fourth-order valence-corrected chi connectivity index (χ4v) is 1.96. The summed E-state index contributed by atoms with van der Waals surface area (Å²) in [5.41, 5.74) is -0.307. The van der Waals surface area contributed by atoms with Crippen molar-refractivity contribution in [3.8, 4) is 0 Å². The quantitative estimate of drug-likeness (QED) is 0.667. The Kier molecular flexibility index (Phi) is 5.83. The van der Waals surface area contributed by atoms with Crippen LogP contribution in [-0.2, 0) is 11.3 Å². The SMILES string of the molecule is Cc1nc(NCCNC(=O)Cn2ncccc2=O)cc(N(C)C)n1. The fourth-order valence-electron chi connectivity index (χ4n) is 1.96. The molecule has 0 aromatic carbocycles. The van der Waals surface area contributed by atoms with Gasteiger partial charge in [-0.1, -0.05) is 0 Å². The average Bonchev–Trinajstić information content (AvgIpc) is 2.53. The number of hydrogen-bond acceptors (Lipinski definition) is 7. The summed E-state index contributed by atoms with van der Waals surface area (Å²) in [5.74, 6) is 1.90. The van der Waals surface area contributed by atoms with E-state index < -0.39 is 0 Å². The molecule has 0 atom stereocenters. The van der Waals surface area contributed by atoms with Crippen LogP contribution in [0.1, 0.15) is 5.82 Å². The highest BCUT2D eigenvalue weighted by atomic mass is 16.2. The van der Waals surface area contributed by atoms with Crippen molar-refractivity contribution >= 4 is 17.5 Å². The van der Waals surface area contributed by atoms with Gasteiger partial charge in [-0.15, -0.1) is 0 Å². The summed E-state index contributed by atoms with van der Waals surface area (Å²) in [5, 5.41) is 9.70. The highest BCUT2D eigenvalue weighted by Gasteiger charge is 2.05. The number of carbonyl (C=O) groups is 1. The van der Waals surface area contributed by atoms with Crippen molar-refractivity contribution in [3.05, 3.63) is 40.6 Å². The van der Waals surface area contributed by atoms with Gasteiger partial charge in [0.2, 0.25) is 5.91 Å². The first kappa shape index (κ1) is 17.4. The molecule has 0 spiro atoms. The number of rotatable bonds is 7. The number of aromatic nitrogens is 4. The Balaban J connectivity index is 1.80. The molecule has 1 amide bonds. The Morgan fingerprint density at radius 2 is 2.08 bits per heavy atom. The number of carbonyl (C=O) groups excluding carboxylic acids is 1. The zero-order chi connectivity index (χ0) is 17.5. The van der Waals surface area contributed by atoms with E-state index in [0.717, 1.165) is 10.5 Å². The van der Waals surface area contributed by atoms with E-state index in [-0.39, 0.29) is 18.0 Å². The summed E-state index contributed by atoms with van der Waals surface area (Å²) in [6.07, 6.45) is 1.47. The monoisotopic (exact) mass is 331 g/mol. The third kappa shape index (κ3) is 5.04. The molecule has 2 aromatic rings. The van der Waals surface area contributed by atoms with Gasteiger partial charge in [-0.3, -0.25) is 9.59 Å². The van der Waals surface area contributed by atoms with Crippen LogP contribution >= 0.6 is 0 Å². The van der Waals surface area contributed by atoms with Gasteiger partial charge in [-0.05, 0) is 13.0 Å². The molecule has 0 fully saturated rings. The molecule has 0 unspecified atom stereocenters. The number of amides is 1. The molecule has 0 bridgehead atoms. The van der Waals surface area contributed by atoms with Crippen molar-refractivity contribution in [1.82, 2.24) is 25.1 Å².